The van der Waals surface area contributed by atoms with Crippen molar-refractivity contribution in [2.75, 3.05) is 0 Å². The van der Waals surface area contributed by atoms with Gasteiger partial charge in [0.2, 0.25) is 5.43 Å². The van der Waals surface area contributed by atoms with Crippen LogP contribution in [0.2, 0.25) is 0 Å². The van der Waals surface area contributed by atoms with E-state index in [4.69, 9.17) is 9.52 Å². The second kappa shape index (κ2) is 4.00. The van der Waals surface area contributed by atoms with Gasteiger partial charge < -0.3 is 9.52 Å². The molecule has 0 spiro atoms. The molecule has 3 heteroatoms. The molecule has 76 valence electrons. The Balaban J connectivity index is 2.17. The zero-order valence-corrected chi connectivity index (χ0v) is 7.96. The highest BCUT2D eigenvalue weighted by atomic mass is 16.3. The lowest BCUT2D eigenvalue weighted by molar-refractivity contribution is 0.426. The zero-order valence-electron chi connectivity index (χ0n) is 7.96. The maximum absolute atomic E-state index is 11.1. The van der Waals surface area contributed by atoms with Crippen LogP contribution in [0.3, 0.4) is 0 Å². The third-order valence-electron chi connectivity index (χ3n) is 2.09. The van der Waals surface area contributed by atoms with Crippen molar-refractivity contribution in [1.82, 2.24) is 0 Å². The summed E-state index contributed by atoms with van der Waals surface area (Å²) in [5, 5.41) is 8.97. The molecule has 0 aliphatic heterocycles. The van der Waals surface area contributed by atoms with Gasteiger partial charge in [0.25, 0.3) is 0 Å². The fourth-order valence-corrected chi connectivity index (χ4v) is 1.29. The van der Waals surface area contributed by atoms with Crippen molar-refractivity contribution in [2.24, 2.45) is 5.92 Å². The van der Waals surface area contributed by atoms with Gasteiger partial charge in [-0.15, -0.1) is 0 Å². The lowest BCUT2D eigenvalue weighted by atomic mass is 10.1. The van der Waals surface area contributed by atoms with Crippen LogP contribution in [0, 0.1) is 5.92 Å². The van der Waals surface area contributed by atoms with Crippen LogP contribution in [-0.2, 0) is 0 Å². The van der Waals surface area contributed by atoms with Gasteiger partial charge in [0, 0.05) is 12.0 Å². The summed E-state index contributed by atoms with van der Waals surface area (Å²) in [7, 11) is 0. The molecule has 0 aromatic carbocycles. The van der Waals surface area contributed by atoms with Crippen molar-refractivity contribution < 1.29 is 9.52 Å². The van der Waals surface area contributed by atoms with Crippen molar-refractivity contribution in [1.29, 1.82) is 0 Å². The Bertz CT molecular complexity index is 480. The Kier molecular flexibility index (Phi) is 2.54. The topological polar surface area (TPSA) is 50.4 Å². The van der Waals surface area contributed by atoms with Crippen LogP contribution >= 0.6 is 0 Å². The highest BCUT2D eigenvalue weighted by Gasteiger charge is 2.00. The van der Waals surface area contributed by atoms with Gasteiger partial charge in [0.15, 0.2) is 5.75 Å². The van der Waals surface area contributed by atoms with Gasteiger partial charge in [-0.05, 0) is 6.08 Å². The van der Waals surface area contributed by atoms with Crippen LogP contribution in [0.25, 0.3) is 6.08 Å². The molecule has 1 aliphatic carbocycles. The minimum atomic E-state index is -0.432. The molecule has 0 saturated heterocycles. The molecule has 2 rings (SSSR count). The molecule has 1 aromatic rings. The molecular weight excluding hydrogens is 192 g/mol. The average Bonchev–Trinajstić information content (AvgIpc) is 2.73. The van der Waals surface area contributed by atoms with Crippen molar-refractivity contribution in [3.05, 3.63) is 58.7 Å². The molecule has 0 unspecified atom stereocenters. The Hall–Kier alpha value is -2.03. The van der Waals surface area contributed by atoms with E-state index in [-0.39, 0.29) is 11.7 Å². The predicted molar refractivity (Wildman–Crippen MR) is 57.4 cm³/mol. The third-order valence-corrected chi connectivity index (χ3v) is 2.09. The van der Waals surface area contributed by atoms with E-state index in [9.17, 15) is 4.79 Å². The van der Waals surface area contributed by atoms with Crippen LogP contribution in [0.4, 0.5) is 0 Å². The van der Waals surface area contributed by atoms with Crippen LogP contribution < -0.4 is 5.43 Å². The monoisotopic (exact) mass is 202 g/mol. The van der Waals surface area contributed by atoms with Crippen LogP contribution in [0.15, 0.2) is 51.9 Å². The minimum Gasteiger partial charge on any atom is -0.502 e. The fraction of sp³-hybridized carbons (Fsp3) is 0.0833. The van der Waals surface area contributed by atoms with Gasteiger partial charge in [0.1, 0.15) is 12.0 Å². The normalized spacial score (nSPS) is 15.5. The van der Waals surface area contributed by atoms with Gasteiger partial charge in [-0.1, -0.05) is 30.4 Å². The molecule has 1 N–H and O–H groups in total. The Morgan fingerprint density at radius 3 is 2.73 bits per heavy atom. The van der Waals surface area contributed by atoms with E-state index in [1.165, 1.54) is 6.07 Å². The summed E-state index contributed by atoms with van der Waals surface area (Å²) in [6, 6.07) is 1.26. The lowest BCUT2D eigenvalue weighted by Crippen LogP contribution is -1.97. The first-order valence-electron chi connectivity index (χ1n) is 4.61. The summed E-state index contributed by atoms with van der Waals surface area (Å²) < 4.78 is 5.01. The fourth-order valence-electron chi connectivity index (χ4n) is 1.29. The van der Waals surface area contributed by atoms with Crippen molar-refractivity contribution >= 4 is 6.08 Å². The maximum atomic E-state index is 11.1. The van der Waals surface area contributed by atoms with Gasteiger partial charge in [-0.2, -0.15) is 0 Å². The molecular formula is C12H10O3. The zero-order chi connectivity index (χ0) is 10.7. The molecule has 0 saturated carbocycles. The Labute approximate surface area is 86.7 Å². The van der Waals surface area contributed by atoms with Crippen LogP contribution in [0.1, 0.15) is 5.76 Å². The molecule has 0 bridgehead atoms. The SMILES string of the molecule is O=c1cc(/C=C/C2C=CC=C2)occ1O. The van der Waals surface area contributed by atoms with Crippen molar-refractivity contribution in [2.45, 2.75) is 0 Å². The van der Waals surface area contributed by atoms with Gasteiger partial charge >= 0.3 is 0 Å². The molecule has 0 atom stereocenters. The standard InChI is InChI=1S/C12H10O3/c13-11-7-10(15-8-12(11)14)6-5-9-3-1-2-4-9/h1-9,14H/b6-5+. The van der Waals surface area contributed by atoms with Gasteiger partial charge in [-0.25, -0.2) is 0 Å². The summed E-state index contributed by atoms with van der Waals surface area (Å²) in [5.41, 5.74) is -0.432. The predicted octanol–water partition coefficient (Wildman–Crippen LogP) is 2.10. The maximum Gasteiger partial charge on any atom is 0.227 e. The second-order valence-electron chi connectivity index (χ2n) is 3.24. The van der Waals surface area contributed by atoms with Gasteiger partial charge in [0.05, 0.1) is 0 Å². The molecule has 0 radical (unpaired) electrons. The summed E-state index contributed by atoms with van der Waals surface area (Å²) in [6.07, 6.45) is 12.6. The minimum absolute atomic E-state index is 0.254. The summed E-state index contributed by atoms with van der Waals surface area (Å²) in [6.45, 7) is 0. The first-order valence-corrected chi connectivity index (χ1v) is 4.61. The van der Waals surface area contributed by atoms with Gasteiger partial charge in [-0.3, -0.25) is 4.79 Å². The summed E-state index contributed by atoms with van der Waals surface area (Å²) in [5.74, 6) is 0.323. The van der Waals surface area contributed by atoms with E-state index < -0.39 is 5.43 Å². The third kappa shape index (κ3) is 2.26. The number of rotatable bonds is 2. The molecule has 1 aromatic heterocycles. The van der Waals surface area contributed by atoms with Crippen LogP contribution in [0.5, 0.6) is 5.75 Å². The van der Waals surface area contributed by atoms with E-state index in [0.29, 0.717) is 5.76 Å². The highest BCUT2D eigenvalue weighted by Crippen LogP contribution is 2.13. The van der Waals surface area contributed by atoms with E-state index in [2.05, 4.69) is 0 Å². The number of hydrogen-bond donors (Lipinski definition) is 1. The lowest BCUT2D eigenvalue weighted by Gasteiger charge is -1.96. The van der Waals surface area contributed by atoms with E-state index >= 15 is 0 Å². The number of allylic oxidation sites excluding steroid dienone is 5. The smallest absolute Gasteiger partial charge is 0.227 e. The molecule has 15 heavy (non-hydrogen) atoms. The Morgan fingerprint density at radius 2 is 2.07 bits per heavy atom. The molecule has 3 nitrogen and oxygen atoms in total. The molecule has 1 heterocycles. The summed E-state index contributed by atoms with van der Waals surface area (Å²) >= 11 is 0. The van der Waals surface area contributed by atoms with E-state index in [1.54, 1.807) is 6.08 Å². The first-order chi connectivity index (χ1) is 7.25. The quantitative estimate of drug-likeness (QED) is 0.798. The van der Waals surface area contributed by atoms with Crippen LogP contribution in [-0.4, -0.2) is 5.11 Å². The van der Waals surface area contributed by atoms with Crippen molar-refractivity contribution in [3.8, 4) is 5.75 Å². The molecule has 0 amide bonds. The first kappa shape index (κ1) is 9.52. The largest absolute Gasteiger partial charge is 0.502 e. The van der Waals surface area contributed by atoms with E-state index in [0.717, 1.165) is 6.26 Å². The average molecular weight is 202 g/mol. The molecule has 0 fully saturated rings. The number of hydrogen-bond acceptors (Lipinski definition) is 3. The van der Waals surface area contributed by atoms with E-state index in [1.807, 2.05) is 30.4 Å². The second-order valence-corrected chi connectivity index (χ2v) is 3.24. The molecule has 1 aliphatic rings. The number of aromatic hydroxyl groups is 1. The Morgan fingerprint density at radius 1 is 1.33 bits per heavy atom. The highest BCUT2D eigenvalue weighted by molar-refractivity contribution is 5.45. The van der Waals surface area contributed by atoms with Crippen molar-refractivity contribution in [3.63, 3.8) is 0 Å². The summed E-state index contributed by atoms with van der Waals surface area (Å²) in [4.78, 5) is 11.1.